The van der Waals surface area contributed by atoms with Crippen molar-refractivity contribution in [2.24, 2.45) is 0 Å². The summed E-state index contributed by atoms with van der Waals surface area (Å²) in [7, 11) is 0. The van der Waals surface area contributed by atoms with Crippen LogP contribution in [0, 0.1) is 12.3 Å². The summed E-state index contributed by atoms with van der Waals surface area (Å²) in [5.41, 5.74) is 0. The highest BCUT2D eigenvalue weighted by molar-refractivity contribution is 7.09. The van der Waals surface area contributed by atoms with Gasteiger partial charge in [0.2, 0.25) is 0 Å². The topological polar surface area (TPSA) is 82.5 Å². The van der Waals surface area contributed by atoms with Gasteiger partial charge in [-0.05, 0) is 0 Å². The van der Waals surface area contributed by atoms with Crippen molar-refractivity contribution in [3.8, 4) is 12.3 Å². The molecule has 0 aliphatic rings. The highest BCUT2D eigenvalue weighted by Crippen LogP contribution is 2.16. The quantitative estimate of drug-likeness (QED) is 0.761. The van der Waals surface area contributed by atoms with E-state index in [2.05, 4.69) is 16.2 Å². The zero-order valence-corrected chi connectivity index (χ0v) is 11.3. The number of hydrogen-bond donors (Lipinski definition) is 2. The van der Waals surface area contributed by atoms with Crippen molar-refractivity contribution < 1.29 is 14.7 Å². The molecule has 0 aliphatic heterocycles. The van der Waals surface area contributed by atoms with E-state index in [1.807, 2.05) is 12.3 Å². The van der Waals surface area contributed by atoms with E-state index in [9.17, 15) is 9.59 Å². The van der Waals surface area contributed by atoms with Gasteiger partial charge < -0.3 is 15.3 Å². The van der Waals surface area contributed by atoms with Crippen LogP contribution in [0.2, 0.25) is 0 Å². The maximum Gasteiger partial charge on any atom is 0.323 e. The molecule has 1 unspecified atom stereocenters. The van der Waals surface area contributed by atoms with E-state index in [-0.39, 0.29) is 12.5 Å². The summed E-state index contributed by atoms with van der Waals surface area (Å²) in [6, 6.07) is -0.483. The maximum atomic E-state index is 11.8. The summed E-state index contributed by atoms with van der Waals surface area (Å²) in [5, 5.41) is 14.1. The highest BCUT2D eigenvalue weighted by atomic mass is 32.1. The predicted octanol–water partition coefficient (Wildman–Crippen LogP) is 0.976. The summed E-state index contributed by atoms with van der Waals surface area (Å²) < 4.78 is 0. The number of aliphatic carboxylic acids is 1. The zero-order valence-electron chi connectivity index (χ0n) is 10.5. The van der Waals surface area contributed by atoms with Gasteiger partial charge in [0.25, 0.3) is 0 Å². The highest BCUT2D eigenvalue weighted by Gasteiger charge is 2.17. The van der Waals surface area contributed by atoms with E-state index in [1.165, 1.54) is 11.3 Å². The third-order valence-electron chi connectivity index (χ3n) is 2.33. The van der Waals surface area contributed by atoms with Crippen molar-refractivity contribution in [2.45, 2.75) is 12.8 Å². The summed E-state index contributed by atoms with van der Waals surface area (Å²) >= 11 is 1.51. The van der Waals surface area contributed by atoms with Gasteiger partial charge in [-0.3, -0.25) is 4.79 Å². The lowest BCUT2D eigenvalue weighted by molar-refractivity contribution is -0.137. The Morgan fingerprint density at radius 1 is 1.68 bits per heavy atom. The molecule has 0 saturated carbocycles. The molecule has 0 aliphatic carbocycles. The predicted molar refractivity (Wildman–Crippen MR) is 72.0 cm³/mol. The first-order chi connectivity index (χ1) is 9.04. The molecule has 19 heavy (non-hydrogen) atoms. The minimum absolute atomic E-state index is 0.0379. The van der Waals surface area contributed by atoms with Crippen molar-refractivity contribution in [3.63, 3.8) is 0 Å². The Hall–Kier alpha value is -2.07. The second-order valence-electron chi connectivity index (χ2n) is 3.91. The van der Waals surface area contributed by atoms with Gasteiger partial charge in [0, 0.05) is 24.0 Å². The number of terminal acetylenes is 1. The number of thiazole rings is 1. The molecular formula is C12H15N3O3S. The molecule has 1 aromatic rings. The molecular weight excluding hydrogens is 266 g/mol. The lowest BCUT2D eigenvalue weighted by atomic mass is 10.2. The number of hydrogen-bond acceptors (Lipinski definition) is 4. The molecule has 0 bridgehead atoms. The molecule has 1 heterocycles. The van der Waals surface area contributed by atoms with Gasteiger partial charge >= 0.3 is 12.0 Å². The average molecular weight is 281 g/mol. The smallest absolute Gasteiger partial charge is 0.323 e. The van der Waals surface area contributed by atoms with E-state index in [1.54, 1.807) is 6.20 Å². The Labute approximate surface area is 115 Å². The first-order valence-corrected chi connectivity index (χ1v) is 6.50. The Kier molecular flexibility index (Phi) is 5.82. The lowest BCUT2D eigenvalue weighted by Gasteiger charge is -2.19. The fraction of sp³-hybridized carbons (Fsp3) is 0.417. The van der Waals surface area contributed by atoms with E-state index < -0.39 is 18.5 Å². The second kappa shape index (κ2) is 7.38. The van der Waals surface area contributed by atoms with Gasteiger partial charge in [-0.2, -0.15) is 0 Å². The number of nitrogens with zero attached hydrogens (tertiary/aromatic N) is 2. The molecule has 102 valence electrons. The second-order valence-corrected chi connectivity index (χ2v) is 4.84. The Morgan fingerprint density at radius 3 is 2.95 bits per heavy atom. The number of nitrogens with one attached hydrogen (secondary N) is 1. The van der Waals surface area contributed by atoms with Gasteiger partial charge in [0.15, 0.2) is 0 Å². The fourth-order valence-electron chi connectivity index (χ4n) is 1.39. The standard InChI is InChI=1S/C12H15N3O3S/c1-3-5-15(8-10(16)17)12(18)14-7-9(2)11-13-4-6-19-11/h1,4,6,9H,5,7-8H2,2H3,(H,14,18)(H,16,17). The van der Waals surface area contributed by atoms with Crippen LogP contribution in [0.3, 0.4) is 0 Å². The largest absolute Gasteiger partial charge is 0.480 e. The van der Waals surface area contributed by atoms with E-state index in [4.69, 9.17) is 11.5 Å². The maximum absolute atomic E-state index is 11.8. The molecule has 2 N–H and O–H groups in total. The lowest BCUT2D eigenvalue weighted by Crippen LogP contribution is -2.44. The molecule has 1 rings (SSSR count). The molecule has 0 fully saturated rings. The normalized spacial score (nSPS) is 11.4. The fourth-order valence-corrected chi connectivity index (χ4v) is 2.09. The summed E-state index contributed by atoms with van der Waals surface area (Å²) in [6.07, 6.45) is 6.80. The third kappa shape index (κ3) is 4.97. The molecule has 0 saturated heterocycles. The van der Waals surface area contributed by atoms with E-state index in [0.29, 0.717) is 6.54 Å². The van der Waals surface area contributed by atoms with Crippen LogP contribution in [-0.4, -0.2) is 46.6 Å². The van der Waals surface area contributed by atoms with Crippen LogP contribution in [0.15, 0.2) is 11.6 Å². The molecule has 0 radical (unpaired) electrons. The number of carbonyl (C=O) groups is 2. The van der Waals surface area contributed by atoms with Crippen LogP contribution < -0.4 is 5.32 Å². The first kappa shape index (κ1) is 15.0. The van der Waals surface area contributed by atoms with Crippen molar-refractivity contribution >= 4 is 23.3 Å². The number of amides is 2. The number of carbonyl (C=O) groups excluding carboxylic acids is 1. The van der Waals surface area contributed by atoms with Crippen LogP contribution in [-0.2, 0) is 4.79 Å². The van der Waals surface area contributed by atoms with E-state index >= 15 is 0 Å². The van der Waals surface area contributed by atoms with Crippen LogP contribution in [0.5, 0.6) is 0 Å². The van der Waals surface area contributed by atoms with Gasteiger partial charge in [0.05, 0.1) is 11.6 Å². The van der Waals surface area contributed by atoms with Crippen molar-refractivity contribution in [1.29, 1.82) is 0 Å². The molecule has 6 nitrogen and oxygen atoms in total. The SMILES string of the molecule is C#CCN(CC(=O)O)C(=O)NCC(C)c1nccs1. The molecule has 7 heteroatoms. The van der Waals surface area contributed by atoms with Crippen LogP contribution in [0.25, 0.3) is 0 Å². The minimum atomic E-state index is -1.10. The Bertz CT molecular complexity index is 467. The Morgan fingerprint density at radius 2 is 2.42 bits per heavy atom. The summed E-state index contributed by atoms with van der Waals surface area (Å²) in [4.78, 5) is 27.6. The number of carboxylic acids is 1. The van der Waals surface area contributed by atoms with Crippen molar-refractivity contribution in [1.82, 2.24) is 15.2 Å². The molecule has 0 spiro atoms. The van der Waals surface area contributed by atoms with Gasteiger partial charge in [0.1, 0.15) is 6.54 Å². The monoisotopic (exact) mass is 281 g/mol. The van der Waals surface area contributed by atoms with Crippen molar-refractivity contribution in [3.05, 3.63) is 16.6 Å². The van der Waals surface area contributed by atoms with Gasteiger partial charge in [-0.15, -0.1) is 17.8 Å². The average Bonchev–Trinajstić information content (AvgIpc) is 2.88. The molecule has 2 amide bonds. The zero-order chi connectivity index (χ0) is 14.3. The van der Waals surface area contributed by atoms with Crippen molar-refractivity contribution in [2.75, 3.05) is 19.6 Å². The number of carboxylic acid groups (broad SMARTS) is 1. The van der Waals surface area contributed by atoms with Gasteiger partial charge in [-0.1, -0.05) is 12.8 Å². The van der Waals surface area contributed by atoms with E-state index in [0.717, 1.165) is 9.91 Å². The van der Waals surface area contributed by atoms with Crippen LogP contribution >= 0.6 is 11.3 Å². The number of aromatic nitrogens is 1. The van der Waals surface area contributed by atoms with Crippen LogP contribution in [0.4, 0.5) is 4.79 Å². The number of urea groups is 1. The van der Waals surface area contributed by atoms with Gasteiger partial charge in [-0.25, -0.2) is 9.78 Å². The summed E-state index contributed by atoms with van der Waals surface area (Å²) in [5.74, 6) is 1.23. The number of rotatable bonds is 6. The summed E-state index contributed by atoms with van der Waals surface area (Å²) in [6.45, 7) is 1.86. The molecule has 1 aromatic heterocycles. The Balaban J connectivity index is 2.48. The molecule has 0 aromatic carbocycles. The van der Waals surface area contributed by atoms with Crippen LogP contribution in [0.1, 0.15) is 17.8 Å². The first-order valence-electron chi connectivity index (χ1n) is 5.62. The third-order valence-corrected chi connectivity index (χ3v) is 3.34. The molecule has 1 atom stereocenters. The minimum Gasteiger partial charge on any atom is -0.480 e.